The Balaban J connectivity index is 2.87. The zero-order chi connectivity index (χ0) is 11.2. The minimum Gasteiger partial charge on any atom is -0.386 e. The summed E-state index contributed by atoms with van der Waals surface area (Å²) in [7, 11) is 2.00. The van der Waals surface area contributed by atoms with Gasteiger partial charge in [-0.25, -0.2) is 0 Å². The van der Waals surface area contributed by atoms with E-state index < -0.39 is 5.60 Å². The Morgan fingerprint density at radius 3 is 2.60 bits per heavy atom. The zero-order valence-electron chi connectivity index (χ0n) is 9.08. The lowest BCUT2D eigenvalue weighted by molar-refractivity contribution is 0.0802. The first kappa shape index (κ1) is 10.7. The lowest BCUT2D eigenvalue weighted by atomic mass is 9.95. The quantitative estimate of drug-likeness (QED) is 0.844. The highest BCUT2D eigenvalue weighted by atomic mass is 79.9. The molecule has 0 radical (unpaired) electrons. The molecule has 0 amide bonds. The summed E-state index contributed by atoms with van der Waals surface area (Å²) in [5.74, 6) is 0. The van der Waals surface area contributed by atoms with Gasteiger partial charge in [0.05, 0.1) is 5.60 Å². The molecule has 2 nitrogen and oxygen atoms in total. The first-order valence-corrected chi connectivity index (χ1v) is 5.67. The van der Waals surface area contributed by atoms with E-state index in [0.29, 0.717) is 0 Å². The number of nitrogens with zero attached hydrogens (tertiary/aromatic N) is 1. The molecule has 15 heavy (non-hydrogen) atoms. The van der Waals surface area contributed by atoms with Crippen LogP contribution in [0.5, 0.6) is 0 Å². The Kier molecular flexibility index (Phi) is 2.40. The van der Waals surface area contributed by atoms with Gasteiger partial charge in [-0.15, -0.1) is 0 Å². The third-order valence-corrected chi connectivity index (χ3v) is 3.23. The third-order valence-electron chi connectivity index (χ3n) is 2.63. The Labute approximate surface area is 97.7 Å². The van der Waals surface area contributed by atoms with Crippen molar-refractivity contribution in [3.8, 4) is 0 Å². The number of hydrogen-bond donors (Lipinski definition) is 1. The fourth-order valence-corrected chi connectivity index (χ4v) is 2.62. The van der Waals surface area contributed by atoms with Crippen LogP contribution < -0.4 is 0 Å². The van der Waals surface area contributed by atoms with Gasteiger partial charge in [-0.05, 0) is 41.4 Å². The minimum absolute atomic E-state index is 0.816. The number of aryl methyl sites for hydroxylation is 1. The number of halogens is 1. The number of fused-ring (bicyclic) bond motifs is 1. The van der Waals surface area contributed by atoms with Crippen LogP contribution >= 0.6 is 15.9 Å². The minimum atomic E-state index is -0.816. The Hall–Kier alpha value is -0.800. The van der Waals surface area contributed by atoms with Gasteiger partial charge in [0.1, 0.15) is 0 Å². The van der Waals surface area contributed by atoms with Crippen LogP contribution in [-0.4, -0.2) is 9.67 Å². The van der Waals surface area contributed by atoms with E-state index in [9.17, 15) is 5.11 Å². The smallest absolute Gasteiger partial charge is 0.0847 e. The van der Waals surface area contributed by atoms with E-state index in [2.05, 4.69) is 26.6 Å². The predicted octanol–water partition coefficient (Wildman–Crippen LogP) is 3.17. The molecule has 0 saturated heterocycles. The molecule has 0 aliphatic rings. The van der Waals surface area contributed by atoms with Crippen LogP contribution in [0.25, 0.3) is 10.9 Å². The molecular weight excluding hydrogens is 254 g/mol. The van der Waals surface area contributed by atoms with Crippen LogP contribution in [0.3, 0.4) is 0 Å². The Morgan fingerprint density at radius 1 is 1.33 bits per heavy atom. The van der Waals surface area contributed by atoms with Crippen molar-refractivity contribution in [2.24, 2.45) is 7.05 Å². The van der Waals surface area contributed by atoms with Gasteiger partial charge in [0, 0.05) is 28.6 Å². The van der Waals surface area contributed by atoms with Gasteiger partial charge in [-0.3, -0.25) is 0 Å². The van der Waals surface area contributed by atoms with E-state index in [0.717, 1.165) is 20.9 Å². The van der Waals surface area contributed by atoms with Crippen LogP contribution in [0.15, 0.2) is 28.9 Å². The highest BCUT2D eigenvalue weighted by Crippen LogP contribution is 2.34. The maximum absolute atomic E-state index is 10.1. The molecule has 2 aromatic rings. The second-order valence-electron chi connectivity index (χ2n) is 4.35. The van der Waals surface area contributed by atoms with Crippen LogP contribution in [-0.2, 0) is 12.6 Å². The van der Waals surface area contributed by atoms with Crippen LogP contribution in [0.2, 0.25) is 0 Å². The molecule has 0 fully saturated rings. The largest absolute Gasteiger partial charge is 0.386 e. The van der Waals surface area contributed by atoms with E-state index >= 15 is 0 Å². The molecular formula is C12H14BrNO. The number of aliphatic hydroxyl groups is 1. The van der Waals surface area contributed by atoms with E-state index in [1.165, 1.54) is 0 Å². The summed E-state index contributed by atoms with van der Waals surface area (Å²) >= 11 is 3.53. The second-order valence-corrected chi connectivity index (χ2v) is 5.20. The van der Waals surface area contributed by atoms with E-state index in [1.54, 1.807) is 13.8 Å². The highest BCUT2D eigenvalue weighted by molar-refractivity contribution is 9.10. The summed E-state index contributed by atoms with van der Waals surface area (Å²) in [5, 5.41) is 11.2. The molecule has 0 atom stereocenters. The van der Waals surface area contributed by atoms with Gasteiger partial charge in [-0.1, -0.05) is 12.1 Å². The van der Waals surface area contributed by atoms with Gasteiger partial charge >= 0.3 is 0 Å². The van der Waals surface area contributed by atoms with Gasteiger partial charge in [0.2, 0.25) is 0 Å². The molecule has 0 aliphatic heterocycles. The van der Waals surface area contributed by atoms with Crippen molar-refractivity contribution in [3.05, 3.63) is 34.4 Å². The number of hydrogen-bond acceptors (Lipinski definition) is 1. The fraction of sp³-hybridized carbons (Fsp3) is 0.333. The summed E-state index contributed by atoms with van der Waals surface area (Å²) in [6.07, 6.45) is 2.01. The maximum atomic E-state index is 10.1. The Morgan fingerprint density at radius 2 is 2.00 bits per heavy atom. The summed E-state index contributed by atoms with van der Waals surface area (Å²) in [5.41, 5.74) is 1.26. The summed E-state index contributed by atoms with van der Waals surface area (Å²) < 4.78 is 3.08. The molecule has 0 bridgehead atoms. The first-order valence-electron chi connectivity index (χ1n) is 4.87. The summed E-state index contributed by atoms with van der Waals surface area (Å²) in [6, 6.07) is 5.99. The molecule has 1 aromatic carbocycles. The van der Waals surface area contributed by atoms with E-state index in [1.807, 2.05) is 25.4 Å². The summed E-state index contributed by atoms with van der Waals surface area (Å²) in [4.78, 5) is 0. The van der Waals surface area contributed by atoms with Crippen LogP contribution in [0.4, 0.5) is 0 Å². The van der Waals surface area contributed by atoms with Crippen molar-refractivity contribution in [1.29, 1.82) is 0 Å². The van der Waals surface area contributed by atoms with Crippen molar-refractivity contribution in [2.45, 2.75) is 19.4 Å². The predicted molar refractivity (Wildman–Crippen MR) is 65.9 cm³/mol. The average Bonchev–Trinajstić information content (AvgIpc) is 2.41. The van der Waals surface area contributed by atoms with Gasteiger partial charge in [0.15, 0.2) is 0 Å². The van der Waals surface area contributed by atoms with Crippen molar-refractivity contribution in [1.82, 2.24) is 4.57 Å². The standard InChI is InChI=1S/C12H14BrNO/c1-12(2,15)8-5-4-6-10-11(8)9(13)7-14(10)3/h4-7,15H,1-3H3. The van der Waals surface area contributed by atoms with Crippen molar-refractivity contribution >= 4 is 26.8 Å². The second kappa shape index (κ2) is 3.35. The average molecular weight is 268 g/mol. The molecule has 1 heterocycles. The van der Waals surface area contributed by atoms with Crippen LogP contribution in [0, 0.1) is 0 Å². The molecule has 80 valence electrons. The lowest BCUT2D eigenvalue weighted by Gasteiger charge is -2.19. The molecule has 2 rings (SSSR count). The molecule has 1 N–H and O–H groups in total. The summed E-state index contributed by atoms with van der Waals surface area (Å²) in [6.45, 7) is 3.61. The SMILES string of the molecule is Cn1cc(Br)c2c(C(C)(C)O)cccc21. The highest BCUT2D eigenvalue weighted by Gasteiger charge is 2.21. The number of benzene rings is 1. The van der Waals surface area contributed by atoms with Crippen molar-refractivity contribution in [2.75, 3.05) is 0 Å². The van der Waals surface area contributed by atoms with Crippen molar-refractivity contribution < 1.29 is 5.11 Å². The fourth-order valence-electron chi connectivity index (χ4n) is 1.90. The van der Waals surface area contributed by atoms with Gasteiger partial charge in [0.25, 0.3) is 0 Å². The van der Waals surface area contributed by atoms with Gasteiger partial charge in [-0.2, -0.15) is 0 Å². The Bertz CT molecular complexity index is 508. The molecule has 3 heteroatoms. The van der Waals surface area contributed by atoms with E-state index in [-0.39, 0.29) is 0 Å². The molecule has 0 spiro atoms. The van der Waals surface area contributed by atoms with Crippen LogP contribution in [0.1, 0.15) is 19.4 Å². The molecule has 1 aromatic heterocycles. The number of rotatable bonds is 1. The monoisotopic (exact) mass is 267 g/mol. The first-order chi connectivity index (χ1) is 6.91. The molecule has 0 unspecified atom stereocenters. The maximum Gasteiger partial charge on any atom is 0.0847 e. The topological polar surface area (TPSA) is 25.2 Å². The van der Waals surface area contributed by atoms with E-state index in [4.69, 9.17) is 0 Å². The lowest BCUT2D eigenvalue weighted by Crippen LogP contribution is -2.15. The molecule has 0 aliphatic carbocycles. The normalized spacial score (nSPS) is 12.3. The zero-order valence-corrected chi connectivity index (χ0v) is 10.7. The van der Waals surface area contributed by atoms with Gasteiger partial charge < -0.3 is 9.67 Å². The van der Waals surface area contributed by atoms with Crippen molar-refractivity contribution in [3.63, 3.8) is 0 Å². The molecule has 0 saturated carbocycles. The third kappa shape index (κ3) is 1.70. The number of aromatic nitrogens is 1.